The smallest absolute Gasteiger partial charge is 0.109 e. The van der Waals surface area contributed by atoms with Crippen LogP contribution in [0.25, 0.3) is 0 Å². The van der Waals surface area contributed by atoms with Gasteiger partial charge in [-0.1, -0.05) is 25.2 Å². The molecule has 0 N–H and O–H groups in total. The molecule has 0 aromatic carbocycles. The molecule has 0 fully saturated rings. The summed E-state index contributed by atoms with van der Waals surface area (Å²) in [6.07, 6.45) is 1.73. The quantitative estimate of drug-likeness (QED) is 0.462. The van der Waals surface area contributed by atoms with Gasteiger partial charge in [0.2, 0.25) is 0 Å². The molecule has 68 valence electrons. The molecule has 0 rings (SSSR count). The van der Waals surface area contributed by atoms with Gasteiger partial charge in [-0.25, -0.2) is 0 Å². The lowest BCUT2D eigenvalue weighted by Crippen LogP contribution is -2.25. The Morgan fingerprint density at radius 1 is 1.00 bits per heavy atom. The average Bonchev–Trinajstić information content (AvgIpc) is 2.20. The van der Waals surface area contributed by atoms with Crippen molar-refractivity contribution in [2.24, 2.45) is 0 Å². The van der Waals surface area contributed by atoms with Gasteiger partial charge in [0.1, 0.15) is 0 Å². The van der Waals surface area contributed by atoms with Crippen LogP contribution in [-0.4, -0.2) is 8.07 Å². The highest BCUT2D eigenvalue weighted by Gasteiger charge is 2.19. The third-order valence-corrected chi connectivity index (χ3v) is 4.06. The van der Waals surface area contributed by atoms with Crippen molar-refractivity contribution in [3.05, 3.63) is 24.6 Å². The van der Waals surface area contributed by atoms with Crippen LogP contribution in [0.15, 0.2) is 24.6 Å². The van der Waals surface area contributed by atoms with E-state index in [1.54, 1.807) is 0 Å². The number of hydrogen-bond donors (Lipinski definition) is 0. The first-order valence-corrected chi connectivity index (χ1v) is 6.67. The van der Waals surface area contributed by atoms with Crippen molar-refractivity contribution < 1.29 is 0 Å². The van der Waals surface area contributed by atoms with Gasteiger partial charge in [0, 0.05) is 12.8 Å². The van der Waals surface area contributed by atoms with Crippen LogP contribution in [0.5, 0.6) is 0 Å². The largest absolute Gasteiger partial charge is 0.260 e. The van der Waals surface area contributed by atoms with E-state index in [9.17, 15) is 0 Å². The van der Waals surface area contributed by atoms with E-state index in [4.69, 9.17) is 0 Å². The van der Waals surface area contributed by atoms with Gasteiger partial charge in [0.15, 0.2) is 0 Å². The Bertz CT molecular complexity index is 259. The predicted octanol–water partition coefficient (Wildman–Crippen LogP) is 2.79. The molecule has 0 aliphatic heterocycles. The lowest BCUT2D eigenvalue weighted by molar-refractivity contribution is 1.28. The highest BCUT2D eigenvalue weighted by atomic mass is 28.3. The van der Waals surface area contributed by atoms with Crippen LogP contribution >= 0.6 is 0 Å². The molecule has 0 radical (unpaired) electrons. The average molecular weight is 188 g/mol. The van der Waals surface area contributed by atoms with Crippen LogP contribution in [0.1, 0.15) is 26.7 Å². The molecule has 0 atom stereocenters. The molecule has 13 heavy (non-hydrogen) atoms. The zero-order valence-corrected chi connectivity index (χ0v) is 9.48. The Hall–Kier alpha value is -1.18. The maximum atomic E-state index is 3.80. The van der Waals surface area contributed by atoms with Crippen LogP contribution in [0.2, 0.25) is 0 Å². The molecule has 0 aliphatic rings. The Kier molecular flexibility index (Phi) is 5.77. The second-order valence-corrected chi connectivity index (χ2v) is 5.64. The molecule has 0 nitrogen and oxygen atoms in total. The molecule has 0 aromatic heterocycles. The monoisotopic (exact) mass is 188 g/mol. The SMILES string of the molecule is C=C[Si](C#CCC)(C#CCC)C=C. The van der Waals surface area contributed by atoms with Gasteiger partial charge < -0.3 is 0 Å². The third-order valence-electron chi connectivity index (χ3n) is 1.59. The van der Waals surface area contributed by atoms with Gasteiger partial charge >= 0.3 is 0 Å². The van der Waals surface area contributed by atoms with Crippen molar-refractivity contribution in [2.75, 3.05) is 0 Å². The zero-order chi connectivity index (χ0) is 10.2. The van der Waals surface area contributed by atoms with Crippen molar-refractivity contribution >= 4 is 8.07 Å². The molecule has 0 unspecified atom stereocenters. The minimum absolute atomic E-state index is 0.865. The summed E-state index contributed by atoms with van der Waals surface area (Å²) in [4.78, 5) is 0. The first-order chi connectivity index (χ1) is 6.24. The highest BCUT2D eigenvalue weighted by Crippen LogP contribution is 2.02. The van der Waals surface area contributed by atoms with Gasteiger partial charge in [-0.3, -0.25) is 0 Å². The van der Waals surface area contributed by atoms with Crippen LogP contribution in [0, 0.1) is 22.9 Å². The predicted molar refractivity (Wildman–Crippen MR) is 62.3 cm³/mol. The van der Waals surface area contributed by atoms with Crippen LogP contribution in [-0.2, 0) is 0 Å². The first kappa shape index (κ1) is 11.8. The first-order valence-electron chi connectivity index (χ1n) is 4.52. The van der Waals surface area contributed by atoms with Crippen molar-refractivity contribution in [1.29, 1.82) is 0 Å². The highest BCUT2D eigenvalue weighted by molar-refractivity contribution is 7.02. The molecular weight excluding hydrogens is 172 g/mol. The summed E-state index contributed by atoms with van der Waals surface area (Å²) in [6, 6.07) is 0. The molecule has 0 amide bonds. The Morgan fingerprint density at radius 3 is 1.62 bits per heavy atom. The number of rotatable bonds is 2. The molecule has 1 heteroatoms. The van der Waals surface area contributed by atoms with E-state index in [0.717, 1.165) is 12.8 Å². The van der Waals surface area contributed by atoms with Crippen LogP contribution in [0.3, 0.4) is 0 Å². The summed E-state index contributed by atoms with van der Waals surface area (Å²) in [5.74, 6) is 6.13. The Labute approximate surface area is 82.8 Å². The second-order valence-electron chi connectivity index (χ2n) is 2.59. The van der Waals surface area contributed by atoms with Crippen molar-refractivity contribution in [3.63, 3.8) is 0 Å². The van der Waals surface area contributed by atoms with E-state index >= 15 is 0 Å². The summed E-state index contributed by atoms with van der Waals surface area (Å²) in [5.41, 5.74) is 10.2. The van der Waals surface area contributed by atoms with Crippen LogP contribution in [0.4, 0.5) is 0 Å². The fourth-order valence-corrected chi connectivity index (χ4v) is 2.36. The standard InChI is InChI=1S/C12H16Si/c1-5-9-11-13(7-3,8-4)12-10-6-2/h7-8H,3-6H2,1-2H3. The minimum Gasteiger partial charge on any atom is -0.109 e. The molecule has 0 spiro atoms. The normalized spacial score (nSPS) is 8.77. The lowest BCUT2D eigenvalue weighted by Gasteiger charge is -2.06. The third kappa shape index (κ3) is 3.83. The number of hydrogen-bond acceptors (Lipinski definition) is 0. The van der Waals surface area contributed by atoms with E-state index in [1.807, 2.05) is 25.2 Å². The molecule has 0 saturated carbocycles. The summed E-state index contributed by atoms with van der Waals surface area (Å²) < 4.78 is 0. The summed E-state index contributed by atoms with van der Waals surface area (Å²) >= 11 is 0. The van der Waals surface area contributed by atoms with Crippen molar-refractivity contribution in [3.8, 4) is 22.9 Å². The maximum absolute atomic E-state index is 3.80. The van der Waals surface area contributed by atoms with E-state index < -0.39 is 8.07 Å². The Morgan fingerprint density at radius 2 is 1.38 bits per heavy atom. The maximum Gasteiger partial charge on any atom is 0.260 e. The van der Waals surface area contributed by atoms with Gasteiger partial charge in [0.05, 0.1) is 0 Å². The second kappa shape index (κ2) is 6.35. The van der Waals surface area contributed by atoms with Gasteiger partial charge in [-0.2, -0.15) is 0 Å². The zero-order valence-electron chi connectivity index (χ0n) is 8.48. The summed E-state index contributed by atoms with van der Waals surface area (Å²) in [6.45, 7) is 11.7. The summed E-state index contributed by atoms with van der Waals surface area (Å²) in [7, 11) is -1.98. The molecule has 0 saturated heterocycles. The summed E-state index contributed by atoms with van der Waals surface area (Å²) in [5, 5.41) is 0. The fourth-order valence-electron chi connectivity index (χ4n) is 0.788. The van der Waals surface area contributed by atoms with Gasteiger partial charge in [0.25, 0.3) is 8.07 Å². The van der Waals surface area contributed by atoms with Crippen molar-refractivity contribution in [1.82, 2.24) is 0 Å². The molecule has 0 aliphatic carbocycles. The van der Waals surface area contributed by atoms with E-state index in [0.29, 0.717) is 0 Å². The topological polar surface area (TPSA) is 0 Å². The van der Waals surface area contributed by atoms with E-state index in [1.165, 1.54) is 0 Å². The molecule has 0 bridgehead atoms. The fraction of sp³-hybridized carbons (Fsp3) is 0.333. The van der Waals surface area contributed by atoms with Crippen LogP contribution < -0.4 is 0 Å². The van der Waals surface area contributed by atoms with E-state index in [-0.39, 0.29) is 0 Å². The Balaban J connectivity index is 4.91. The minimum atomic E-state index is -1.98. The molecule has 0 heterocycles. The van der Waals surface area contributed by atoms with Gasteiger partial charge in [-0.05, 0) is 0 Å². The molecule has 0 aromatic rings. The lowest BCUT2D eigenvalue weighted by atomic mass is 10.5. The molecular formula is C12H16Si. The van der Waals surface area contributed by atoms with Gasteiger partial charge in [-0.15, -0.1) is 36.1 Å². The van der Waals surface area contributed by atoms with E-state index in [2.05, 4.69) is 36.1 Å². The van der Waals surface area contributed by atoms with Crippen molar-refractivity contribution in [2.45, 2.75) is 26.7 Å².